The number of hydrogen-bond donors (Lipinski definition) is 2. The summed E-state index contributed by atoms with van der Waals surface area (Å²) in [7, 11) is 0. The zero-order valence-electron chi connectivity index (χ0n) is 6.73. The number of nitrogens with one attached hydrogen (secondary N) is 1. The first kappa shape index (κ1) is 9.80. The second-order valence-electron chi connectivity index (χ2n) is 3.24. The Morgan fingerprint density at radius 3 is 2.17 bits per heavy atom. The molecule has 2 nitrogen and oxygen atoms in total. The van der Waals surface area contributed by atoms with Crippen LogP contribution in [0.5, 0.6) is 0 Å². The minimum atomic E-state index is -4.28. The lowest BCUT2D eigenvalue weighted by Crippen LogP contribution is -2.52. The molecule has 1 fully saturated rings. The Balaban J connectivity index is 2.45. The average Bonchev–Trinajstić information content (AvgIpc) is 1.79. The van der Waals surface area contributed by atoms with E-state index in [1.165, 1.54) is 0 Å². The minimum absolute atomic E-state index is 0.235. The molecule has 0 spiro atoms. The maximum Gasteiger partial charge on any atom is 0.394 e. The van der Waals surface area contributed by atoms with Crippen LogP contribution in [0.2, 0.25) is 0 Å². The SMILES string of the molecule is CC(C(O)C1CNC1)C(F)(F)F. The van der Waals surface area contributed by atoms with E-state index in [4.69, 9.17) is 0 Å². The molecule has 0 aromatic rings. The minimum Gasteiger partial charge on any atom is -0.392 e. The molecule has 0 aliphatic carbocycles. The molecule has 12 heavy (non-hydrogen) atoms. The van der Waals surface area contributed by atoms with Gasteiger partial charge in [-0.3, -0.25) is 0 Å². The summed E-state index contributed by atoms with van der Waals surface area (Å²) in [5.41, 5.74) is 0. The van der Waals surface area contributed by atoms with Crippen LogP contribution in [0.25, 0.3) is 0 Å². The van der Waals surface area contributed by atoms with Crippen molar-refractivity contribution < 1.29 is 18.3 Å². The van der Waals surface area contributed by atoms with E-state index in [1.54, 1.807) is 0 Å². The van der Waals surface area contributed by atoms with Crippen LogP contribution >= 0.6 is 0 Å². The van der Waals surface area contributed by atoms with Crippen LogP contribution < -0.4 is 5.32 Å². The molecule has 1 aliphatic rings. The predicted molar refractivity (Wildman–Crippen MR) is 37.6 cm³/mol. The third-order valence-electron chi connectivity index (χ3n) is 2.32. The molecule has 0 bridgehead atoms. The summed E-state index contributed by atoms with van der Waals surface area (Å²) in [5.74, 6) is -1.86. The van der Waals surface area contributed by atoms with Gasteiger partial charge in [-0.15, -0.1) is 0 Å². The van der Waals surface area contributed by atoms with Crippen LogP contribution in [0.1, 0.15) is 6.92 Å². The van der Waals surface area contributed by atoms with Gasteiger partial charge in [0, 0.05) is 19.0 Å². The van der Waals surface area contributed by atoms with Gasteiger partial charge < -0.3 is 10.4 Å². The maximum absolute atomic E-state index is 12.0. The number of aliphatic hydroxyl groups is 1. The Hall–Kier alpha value is -0.290. The Labute approximate surface area is 68.8 Å². The van der Waals surface area contributed by atoms with Crippen LogP contribution in [0, 0.1) is 11.8 Å². The molecule has 1 saturated heterocycles. The summed E-state index contributed by atoms with van der Waals surface area (Å²) in [4.78, 5) is 0. The fourth-order valence-corrected chi connectivity index (χ4v) is 1.15. The standard InChI is InChI=1S/C7H12F3NO/c1-4(7(8,9)10)6(12)5-2-11-3-5/h4-6,11-12H,2-3H2,1H3. The predicted octanol–water partition coefficient (Wildman–Crippen LogP) is 0.765. The lowest BCUT2D eigenvalue weighted by molar-refractivity contribution is -0.203. The fourth-order valence-electron chi connectivity index (χ4n) is 1.15. The van der Waals surface area contributed by atoms with Crippen LogP contribution in [-0.2, 0) is 0 Å². The molecular weight excluding hydrogens is 171 g/mol. The van der Waals surface area contributed by atoms with Gasteiger partial charge in [-0.2, -0.15) is 13.2 Å². The summed E-state index contributed by atoms with van der Waals surface area (Å²) < 4.78 is 36.1. The van der Waals surface area contributed by atoms with Crippen molar-refractivity contribution in [1.82, 2.24) is 5.32 Å². The molecule has 0 radical (unpaired) electrons. The second-order valence-corrected chi connectivity index (χ2v) is 3.24. The van der Waals surface area contributed by atoms with Crippen molar-refractivity contribution in [2.24, 2.45) is 11.8 Å². The van der Waals surface area contributed by atoms with E-state index in [9.17, 15) is 18.3 Å². The molecule has 1 rings (SSSR count). The number of rotatable bonds is 2. The van der Waals surface area contributed by atoms with Gasteiger partial charge in [-0.25, -0.2) is 0 Å². The zero-order valence-corrected chi connectivity index (χ0v) is 6.73. The van der Waals surface area contributed by atoms with E-state index < -0.39 is 18.2 Å². The van der Waals surface area contributed by atoms with E-state index in [-0.39, 0.29) is 5.92 Å². The van der Waals surface area contributed by atoms with Gasteiger partial charge in [0.2, 0.25) is 0 Å². The molecule has 1 heterocycles. The summed E-state index contributed by atoms with van der Waals surface area (Å²) in [5, 5.41) is 12.0. The highest BCUT2D eigenvalue weighted by Gasteiger charge is 2.44. The number of hydrogen-bond acceptors (Lipinski definition) is 2. The average molecular weight is 183 g/mol. The number of alkyl halides is 3. The second kappa shape index (κ2) is 3.22. The Morgan fingerprint density at radius 1 is 1.42 bits per heavy atom. The summed E-state index contributed by atoms with van der Waals surface area (Å²) >= 11 is 0. The van der Waals surface area contributed by atoms with Gasteiger partial charge in [0.15, 0.2) is 0 Å². The van der Waals surface area contributed by atoms with E-state index in [2.05, 4.69) is 5.32 Å². The van der Waals surface area contributed by atoms with Crippen LogP contribution in [0.4, 0.5) is 13.2 Å². The monoisotopic (exact) mass is 183 g/mol. The van der Waals surface area contributed by atoms with E-state index in [0.29, 0.717) is 13.1 Å². The molecule has 0 aromatic heterocycles. The van der Waals surface area contributed by atoms with Crippen LogP contribution in [-0.4, -0.2) is 30.5 Å². The highest BCUT2D eigenvalue weighted by Crippen LogP contribution is 2.31. The van der Waals surface area contributed by atoms with Crippen molar-refractivity contribution >= 4 is 0 Å². The van der Waals surface area contributed by atoms with Crippen molar-refractivity contribution in [3.05, 3.63) is 0 Å². The van der Waals surface area contributed by atoms with E-state index >= 15 is 0 Å². The molecule has 72 valence electrons. The van der Waals surface area contributed by atoms with Crippen molar-refractivity contribution in [3.8, 4) is 0 Å². The Morgan fingerprint density at radius 2 is 1.92 bits per heavy atom. The maximum atomic E-state index is 12.0. The lowest BCUT2D eigenvalue weighted by atomic mass is 9.88. The molecule has 2 atom stereocenters. The van der Waals surface area contributed by atoms with Gasteiger partial charge in [-0.05, 0) is 0 Å². The summed E-state index contributed by atoms with van der Waals surface area (Å²) in [6.07, 6.45) is -5.54. The van der Waals surface area contributed by atoms with Gasteiger partial charge in [-0.1, -0.05) is 6.92 Å². The Kier molecular flexibility index (Phi) is 2.63. The first-order chi connectivity index (χ1) is 5.43. The molecule has 0 aromatic carbocycles. The van der Waals surface area contributed by atoms with Crippen LogP contribution in [0.15, 0.2) is 0 Å². The van der Waals surface area contributed by atoms with Gasteiger partial charge in [0.25, 0.3) is 0 Å². The third-order valence-corrected chi connectivity index (χ3v) is 2.32. The van der Waals surface area contributed by atoms with Crippen molar-refractivity contribution in [3.63, 3.8) is 0 Å². The third kappa shape index (κ3) is 1.90. The lowest BCUT2D eigenvalue weighted by Gasteiger charge is -2.35. The molecular formula is C7H12F3NO. The van der Waals surface area contributed by atoms with Gasteiger partial charge >= 0.3 is 6.18 Å². The molecule has 2 unspecified atom stereocenters. The molecule has 2 N–H and O–H groups in total. The molecule has 1 aliphatic heterocycles. The quantitative estimate of drug-likeness (QED) is 0.662. The van der Waals surface area contributed by atoms with Crippen molar-refractivity contribution in [2.45, 2.75) is 19.2 Å². The first-order valence-electron chi connectivity index (χ1n) is 3.88. The molecule has 0 amide bonds. The highest BCUT2D eigenvalue weighted by atomic mass is 19.4. The summed E-state index contributed by atoms with van der Waals surface area (Å²) in [6.45, 7) is 1.99. The topological polar surface area (TPSA) is 32.3 Å². The fraction of sp³-hybridized carbons (Fsp3) is 1.00. The zero-order chi connectivity index (χ0) is 9.35. The van der Waals surface area contributed by atoms with E-state index in [0.717, 1.165) is 6.92 Å². The highest BCUT2D eigenvalue weighted by molar-refractivity contribution is 4.86. The van der Waals surface area contributed by atoms with Crippen molar-refractivity contribution in [2.75, 3.05) is 13.1 Å². The van der Waals surface area contributed by atoms with Gasteiger partial charge in [0.1, 0.15) is 0 Å². The summed E-state index contributed by atoms with van der Waals surface area (Å²) in [6, 6.07) is 0. The molecule has 0 saturated carbocycles. The number of halogens is 3. The van der Waals surface area contributed by atoms with Crippen LogP contribution in [0.3, 0.4) is 0 Å². The smallest absolute Gasteiger partial charge is 0.392 e. The van der Waals surface area contributed by atoms with Crippen molar-refractivity contribution in [1.29, 1.82) is 0 Å². The number of aliphatic hydroxyl groups excluding tert-OH is 1. The van der Waals surface area contributed by atoms with E-state index in [1.807, 2.05) is 0 Å². The Bertz CT molecular complexity index is 155. The first-order valence-corrected chi connectivity index (χ1v) is 3.88. The van der Waals surface area contributed by atoms with Gasteiger partial charge in [0.05, 0.1) is 12.0 Å². The largest absolute Gasteiger partial charge is 0.394 e. The normalized spacial score (nSPS) is 24.8. The molecule has 5 heteroatoms.